The highest BCUT2D eigenvalue weighted by molar-refractivity contribution is 5.76. The molecule has 3 N–H and O–H groups in total. The first-order valence-corrected chi connectivity index (χ1v) is 9.04. The monoisotopic (exact) mass is 333 g/mol. The number of hydrogen-bond acceptors (Lipinski definition) is 3. The van der Waals surface area contributed by atoms with Gasteiger partial charge in [-0.2, -0.15) is 0 Å². The van der Waals surface area contributed by atoms with Crippen molar-refractivity contribution in [1.29, 1.82) is 0 Å². The van der Waals surface area contributed by atoms with E-state index in [0.29, 0.717) is 37.2 Å². The molecule has 3 rings (SSSR count). The van der Waals surface area contributed by atoms with E-state index in [2.05, 4.69) is 10.2 Å². The van der Waals surface area contributed by atoms with Gasteiger partial charge < -0.3 is 11.1 Å². The first-order chi connectivity index (χ1) is 11.6. The molecule has 0 unspecified atom stereocenters. The SMILES string of the molecule is Cc1cc(CNC(=O)C[C@@H]2CC[C@H](CN)N2CC2CC2)ccc1F. The van der Waals surface area contributed by atoms with Crippen LogP contribution in [0.15, 0.2) is 18.2 Å². The number of nitrogens with one attached hydrogen (secondary N) is 1. The predicted octanol–water partition coefficient (Wildman–Crippen LogP) is 2.34. The van der Waals surface area contributed by atoms with Crippen LogP contribution in [0.25, 0.3) is 0 Å². The van der Waals surface area contributed by atoms with Crippen molar-refractivity contribution in [3.63, 3.8) is 0 Å². The Kier molecular flexibility index (Phi) is 5.51. The summed E-state index contributed by atoms with van der Waals surface area (Å²) in [5.41, 5.74) is 7.45. The number of nitrogens with zero attached hydrogens (tertiary/aromatic N) is 1. The van der Waals surface area contributed by atoms with Crippen LogP contribution in [-0.2, 0) is 11.3 Å². The average Bonchev–Trinajstić information content (AvgIpc) is 3.30. The van der Waals surface area contributed by atoms with Crippen LogP contribution >= 0.6 is 0 Å². The Hall–Kier alpha value is -1.46. The van der Waals surface area contributed by atoms with Gasteiger partial charge in [0.25, 0.3) is 0 Å². The molecular formula is C19H28FN3O. The van der Waals surface area contributed by atoms with E-state index in [-0.39, 0.29) is 11.7 Å². The second-order valence-electron chi connectivity index (χ2n) is 7.33. The van der Waals surface area contributed by atoms with E-state index in [1.807, 2.05) is 0 Å². The Morgan fingerprint density at radius 3 is 2.71 bits per heavy atom. The number of halogens is 1. The van der Waals surface area contributed by atoms with E-state index in [0.717, 1.165) is 30.9 Å². The maximum Gasteiger partial charge on any atom is 0.221 e. The van der Waals surface area contributed by atoms with Gasteiger partial charge in [0, 0.05) is 38.1 Å². The maximum absolute atomic E-state index is 13.3. The molecule has 2 atom stereocenters. The molecule has 2 aliphatic rings. The van der Waals surface area contributed by atoms with Crippen LogP contribution in [0.4, 0.5) is 4.39 Å². The van der Waals surface area contributed by atoms with Gasteiger partial charge in [0.15, 0.2) is 0 Å². The van der Waals surface area contributed by atoms with Crippen molar-refractivity contribution >= 4 is 5.91 Å². The number of likely N-dealkylation sites (tertiary alicyclic amines) is 1. The molecule has 0 radical (unpaired) electrons. The normalized spacial score (nSPS) is 24.3. The van der Waals surface area contributed by atoms with E-state index in [1.54, 1.807) is 19.1 Å². The summed E-state index contributed by atoms with van der Waals surface area (Å²) in [6.07, 6.45) is 5.31. The van der Waals surface area contributed by atoms with Crippen LogP contribution in [-0.4, -0.2) is 36.0 Å². The van der Waals surface area contributed by atoms with Gasteiger partial charge in [-0.15, -0.1) is 0 Å². The van der Waals surface area contributed by atoms with Gasteiger partial charge >= 0.3 is 0 Å². The number of amides is 1. The molecular weight excluding hydrogens is 305 g/mol. The lowest BCUT2D eigenvalue weighted by molar-refractivity contribution is -0.122. The molecule has 4 nitrogen and oxygen atoms in total. The number of hydrogen-bond donors (Lipinski definition) is 2. The van der Waals surface area contributed by atoms with E-state index < -0.39 is 0 Å². The van der Waals surface area contributed by atoms with Crippen LogP contribution in [0.2, 0.25) is 0 Å². The summed E-state index contributed by atoms with van der Waals surface area (Å²) in [4.78, 5) is 14.8. The van der Waals surface area contributed by atoms with Gasteiger partial charge in [-0.25, -0.2) is 4.39 Å². The van der Waals surface area contributed by atoms with Crippen molar-refractivity contribution in [3.05, 3.63) is 35.1 Å². The molecule has 1 saturated carbocycles. The maximum atomic E-state index is 13.3. The van der Waals surface area contributed by atoms with Crippen molar-refractivity contribution in [1.82, 2.24) is 10.2 Å². The quantitative estimate of drug-likeness (QED) is 0.805. The summed E-state index contributed by atoms with van der Waals surface area (Å²) in [5, 5.41) is 2.98. The second kappa shape index (κ2) is 7.62. The molecule has 2 fully saturated rings. The highest BCUT2D eigenvalue weighted by atomic mass is 19.1. The Labute approximate surface area is 143 Å². The second-order valence-corrected chi connectivity index (χ2v) is 7.33. The summed E-state index contributed by atoms with van der Waals surface area (Å²) in [5.74, 6) is 0.671. The number of aryl methyl sites for hydroxylation is 1. The summed E-state index contributed by atoms with van der Waals surface area (Å²) < 4.78 is 13.3. The number of nitrogens with two attached hydrogens (primary N) is 1. The summed E-state index contributed by atoms with van der Waals surface area (Å²) in [7, 11) is 0. The molecule has 1 saturated heterocycles. The summed E-state index contributed by atoms with van der Waals surface area (Å²) in [6, 6.07) is 5.71. The third-order valence-electron chi connectivity index (χ3n) is 5.34. The van der Waals surface area contributed by atoms with Gasteiger partial charge in [-0.1, -0.05) is 12.1 Å². The van der Waals surface area contributed by atoms with E-state index in [4.69, 9.17) is 5.73 Å². The Morgan fingerprint density at radius 1 is 1.29 bits per heavy atom. The van der Waals surface area contributed by atoms with Crippen molar-refractivity contribution in [2.75, 3.05) is 13.1 Å². The molecule has 1 aliphatic heterocycles. The van der Waals surface area contributed by atoms with Crippen LogP contribution in [0, 0.1) is 18.7 Å². The van der Waals surface area contributed by atoms with Gasteiger partial charge in [0.2, 0.25) is 5.91 Å². The lowest BCUT2D eigenvalue weighted by atomic mass is 10.1. The van der Waals surface area contributed by atoms with Gasteiger partial charge in [0.05, 0.1) is 0 Å². The minimum atomic E-state index is -0.209. The largest absolute Gasteiger partial charge is 0.352 e. The van der Waals surface area contributed by atoms with Crippen LogP contribution in [0.3, 0.4) is 0 Å². The Balaban J connectivity index is 1.50. The molecule has 5 heteroatoms. The molecule has 1 aromatic rings. The predicted molar refractivity (Wildman–Crippen MR) is 92.9 cm³/mol. The molecule has 1 amide bonds. The first kappa shape index (κ1) is 17.4. The zero-order valence-corrected chi connectivity index (χ0v) is 14.4. The zero-order valence-electron chi connectivity index (χ0n) is 14.4. The highest BCUT2D eigenvalue weighted by Gasteiger charge is 2.37. The minimum absolute atomic E-state index is 0.0699. The molecule has 1 heterocycles. The number of rotatable bonds is 7. The van der Waals surface area contributed by atoms with Crippen molar-refractivity contribution in [2.24, 2.45) is 11.7 Å². The van der Waals surface area contributed by atoms with Crippen molar-refractivity contribution in [2.45, 2.75) is 57.7 Å². The molecule has 1 aliphatic carbocycles. The average molecular weight is 333 g/mol. The van der Waals surface area contributed by atoms with E-state index in [1.165, 1.54) is 18.9 Å². The first-order valence-electron chi connectivity index (χ1n) is 9.04. The molecule has 0 bridgehead atoms. The smallest absolute Gasteiger partial charge is 0.221 e. The highest BCUT2D eigenvalue weighted by Crippen LogP contribution is 2.35. The fourth-order valence-corrected chi connectivity index (χ4v) is 3.69. The lowest BCUT2D eigenvalue weighted by Gasteiger charge is -2.29. The third-order valence-corrected chi connectivity index (χ3v) is 5.34. The number of carbonyl (C=O) groups is 1. The molecule has 132 valence electrons. The van der Waals surface area contributed by atoms with Crippen molar-refractivity contribution in [3.8, 4) is 0 Å². The van der Waals surface area contributed by atoms with Gasteiger partial charge in [0.1, 0.15) is 5.82 Å². The van der Waals surface area contributed by atoms with Crippen molar-refractivity contribution < 1.29 is 9.18 Å². The Bertz CT molecular complexity index is 588. The Morgan fingerprint density at radius 2 is 2.04 bits per heavy atom. The molecule has 0 aromatic heterocycles. The fraction of sp³-hybridized carbons (Fsp3) is 0.632. The number of carbonyl (C=O) groups excluding carboxylic acids is 1. The molecule has 1 aromatic carbocycles. The van der Waals surface area contributed by atoms with Crippen LogP contribution in [0.1, 0.15) is 43.2 Å². The lowest BCUT2D eigenvalue weighted by Crippen LogP contribution is -2.43. The van der Waals surface area contributed by atoms with Crippen LogP contribution < -0.4 is 11.1 Å². The van der Waals surface area contributed by atoms with Crippen LogP contribution in [0.5, 0.6) is 0 Å². The standard InChI is InChI=1S/C19H28FN3O/c1-13-8-15(4-7-18(13)20)11-22-19(24)9-16-5-6-17(10-21)23(16)12-14-2-3-14/h4,7-8,14,16-17H,2-3,5-6,9-12,21H2,1H3,(H,22,24)/t16-,17+/m0/s1. The molecule has 0 spiro atoms. The van der Waals surface area contributed by atoms with E-state index >= 15 is 0 Å². The third kappa shape index (κ3) is 4.33. The van der Waals surface area contributed by atoms with E-state index in [9.17, 15) is 9.18 Å². The summed E-state index contributed by atoms with van der Waals surface area (Å²) >= 11 is 0. The topological polar surface area (TPSA) is 58.4 Å². The van der Waals surface area contributed by atoms with Gasteiger partial charge in [-0.3, -0.25) is 9.69 Å². The van der Waals surface area contributed by atoms with Gasteiger partial charge in [-0.05, 0) is 55.7 Å². The zero-order chi connectivity index (χ0) is 17.1. The fourth-order valence-electron chi connectivity index (χ4n) is 3.69. The molecule has 24 heavy (non-hydrogen) atoms. The minimum Gasteiger partial charge on any atom is -0.352 e. The summed E-state index contributed by atoms with van der Waals surface area (Å²) in [6.45, 7) is 3.97. The number of benzene rings is 1.